The van der Waals surface area contributed by atoms with Crippen molar-refractivity contribution in [2.75, 3.05) is 20.3 Å². The van der Waals surface area contributed by atoms with E-state index in [4.69, 9.17) is 9.47 Å². The topological polar surface area (TPSA) is 38.8 Å². The van der Waals surface area contributed by atoms with Gasteiger partial charge in [-0.15, -0.1) is 0 Å². The number of fused-ring (bicyclic) bond motifs is 1. The Morgan fingerprint density at radius 2 is 2.25 bits per heavy atom. The van der Waals surface area contributed by atoms with Gasteiger partial charge in [-0.1, -0.05) is 12.1 Å². The lowest BCUT2D eigenvalue weighted by atomic mass is 10.0. The predicted octanol–water partition coefficient (Wildman–Crippen LogP) is 1.84. The second kappa shape index (κ2) is 5.50. The summed E-state index contributed by atoms with van der Waals surface area (Å²) in [5.74, 6) is -0.755. The Balaban J connectivity index is 1.86. The summed E-state index contributed by atoms with van der Waals surface area (Å²) in [5.41, 5.74) is 0.119. The van der Waals surface area contributed by atoms with Crippen LogP contribution in [0.15, 0.2) is 24.3 Å². The van der Waals surface area contributed by atoms with Gasteiger partial charge in [0, 0.05) is 13.7 Å². The van der Waals surface area contributed by atoms with Crippen LogP contribution in [0.2, 0.25) is 0 Å². The summed E-state index contributed by atoms with van der Waals surface area (Å²) in [6, 6.07) is 6.08. The molecule has 0 N–H and O–H groups in total. The van der Waals surface area contributed by atoms with Gasteiger partial charge in [0.25, 0.3) is 5.91 Å². The zero-order chi connectivity index (χ0) is 14.1. The molecule has 0 saturated carbocycles. The Labute approximate surface area is 117 Å². The molecule has 2 aliphatic rings. The Kier molecular flexibility index (Phi) is 3.72. The van der Waals surface area contributed by atoms with Crippen molar-refractivity contribution in [2.45, 2.75) is 31.1 Å². The average Bonchev–Trinajstić information content (AvgIpc) is 2.86. The second-order valence-corrected chi connectivity index (χ2v) is 5.26. The molecule has 0 aromatic heterocycles. The Morgan fingerprint density at radius 1 is 1.45 bits per heavy atom. The minimum atomic E-state index is -0.480. The molecule has 20 heavy (non-hydrogen) atoms. The monoisotopic (exact) mass is 279 g/mol. The highest BCUT2D eigenvalue weighted by atomic mass is 19.1. The van der Waals surface area contributed by atoms with E-state index in [1.54, 1.807) is 24.1 Å². The van der Waals surface area contributed by atoms with Gasteiger partial charge in [0.05, 0.1) is 18.2 Å². The van der Waals surface area contributed by atoms with Crippen molar-refractivity contribution in [3.8, 4) is 0 Å². The molecule has 4 nitrogen and oxygen atoms in total. The van der Waals surface area contributed by atoms with Crippen molar-refractivity contribution in [1.82, 2.24) is 4.90 Å². The number of nitrogens with zero attached hydrogens (tertiary/aromatic N) is 1. The number of benzene rings is 1. The zero-order valence-electron chi connectivity index (χ0n) is 11.4. The number of amides is 1. The predicted molar refractivity (Wildman–Crippen MR) is 71.0 cm³/mol. The third kappa shape index (κ3) is 2.21. The molecule has 3 atom stereocenters. The smallest absolute Gasteiger partial charge is 0.257 e. The minimum absolute atomic E-state index is 0.0131. The van der Waals surface area contributed by atoms with E-state index < -0.39 is 5.82 Å². The molecule has 1 aromatic carbocycles. The van der Waals surface area contributed by atoms with E-state index in [2.05, 4.69) is 0 Å². The number of carbonyl (C=O) groups is 1. The highest BCUT2D eigenvalue weighted by molar-refractivity contribution is 5.95. The third-order valence-electron chi connectivity index (χ3n) is 4.15. The molecule has 2 fully saturated rings. The average molecular weight is 279 g/mol. The fourth-order valence-electron chi connectivity index (χ4n) is 3.14. The summed E-state index contributed by atoms with van der Waals surface area (Å²) in [7, 11) is 1.62. The van der Waals surface area contributed by atoms with E-state index >= 15 is 0 Å². The van der Waals surface area contributed by atoms with Crippen LogP contribution in [0, 0.1) is 5.82 Å². The number of likely N-dealkylation sites (tertiary alicyclic amines) is 1. The molecule has 2 aliphatic heterocycles. The highest BCUT2D eigenvalue weighted by Crippen LogP contribution is 2.31. The molecule has 5 heteroatoms. The summed E-state index contributed by atoms with van der Waals surface area (Å²) in [5, 5.41) is 0. The number of ether oxygens (including phenoxy) is 2. The van der Waals surface area contributed by atoms with Crippen LogP contribution in [0.3, 0.4) is 0 Å². The molecule has 1 aromatic rings. The number of hydrogen-bond donors (Lipinski definition) is 0. The van der Waals surface area contributed by atoms with Gasteiger partial charge in [0.15, 0.2) is 0 Å². The van der Waals surface area contributed by atoms with Crippen LogP contribution in [0.1, 0.15) is 23.2 Å². The van der Waals surface area contributed by atoms with E-state index in [9.17, 15) is 9.18 Å². The Bertz CT molecular complexity index is 508. The summed E-state index contributed by atoms with van der Waals surface area (Å²) in [6.45, 7) is 1.15. The fraction of sp³-hybridized carbons (Fsp3) is 0.533. The van der Waals surface area contributed by atoms with E-state index in [1.807, 2.05) is 0 Å². The van der Waals surface area contributed by atoms with Crippen LogP contribution < -0.4 is 0 Å². The highest BCUT2D eigenvalue weighted by Gasteiger charge is 2.46. The molecular formula is C15H18FNO3. The maximum absolute atomic E-state index is 13.8. The van der Waals surface area contributed by atoms with Crippen LogP contribution in [0.4, 0.5) is 4.39 Å². The normalized spacial score (nSPS) is 29.3. The molecule has 1 amide bonds. The summed E-state index contributed by atoms with van der Waals surface area (Å²) < 4.78 is 24.9. The maximum Gasteiger partial charge on any atom is 0.257 e. The van der Waals surface area contributed by atoms with E-state index in [1.165, 1.54) is 12.1 Å². The van der Waals surface area contributed by atoms with E-state index in [0.29, 0.717) is 13.2 Å². The first kappa shape index (κ1) is 13.5. The van der Waals surface area contributed by atoms with Gasteiger partial charge in [0.2, 0.25) is 0 Å². The van der Waals surface area contributed by atoms with Crippen molar-refractivity contribution in [3.05, 3.63) is 35.6 Å². The molecule has 0 radical (unpaired) electrons. The Hall–Kier alpha value is -1.46. The molecule has 0 spiro atoms. The molecule has 3 rings (SSSR count). The van der Waals surface area contributed by atoms with Gasteiger partial charge < -0.3 is 14.4 Å². The molecule has 0 unspecified atom stereocenters. The van der Waals surface area contributed by atoms with Gasteiger partial charge >= 0.3 is 0 Å². The summed E-state index contributed by atoms with van der Waals surface area (Å²) in [4.78, 5) is 14.3. The third-order valence-corrected chi connectivity index (χ3v) is 4.15. The molecule has 2 saturated heterocycles. The lowest BCUT2D eigenvalue weighted by Crippen LogP contribution is -2.44. The first-order chi connectivity index (χ1) is 9.72. The number of methoxy groups -OCH3 is 1. The largest absolute Gasteiger partial charge is 0.377 e. The zero-order valence-corrected chi connectivity index (χ0v) is 11.4. The number of halogens is 1. The summed E-state index contributed by atoms with van der Waals surface area (Å²) in [6.07, 6.45) is 1.57. The quantitative estimate of drug-likeness (QED) is 0.829. The second-order valence-electron chi connectivity index (χ2n) is 5.26. The first-order valence-corrected chi connectivity index (χ1v) is 6.92. The van der Waals surface area contributed by atoms with E-state index in [0.717, 1.165) is 12.8 Å². The van der Waals surface area contributed by atoms with Crippen molar-refractivity contribution in [2.24, 2.45) is 0 Å². The molecule has 0 bridgehead atoms. The van der Waals surface area contributed by atoms with Crippen LogP contribution in [0.25, 0.3) is 0 Å². The van der Waals surface area contributed by atoms with Crippen molar-refractivity contribution in [1.29, 1.82) is 0 Å². The van der Waals surface area contributed by atoms with Crippen LogP contribution in [-0.2, 0) is 9.47 Å². The lowest BCUT2D eigenvalue weighted by Gasteiger charge is -2.32. The van der Waals surface area contributed by atoms with Gasteiger partial charge in [-0.2, -0.15) is 0 Å². The van der Waals surface area contributed by atoms with Crippen molar-refractivity contribution in [3.63, 3.8) is 0 Å². The maximum atomic E-state index is 13.8. The number of hydrogen-bond acceptors (Lipinski definition) is 3. The van der Waals surface area contributed by atoms with Gasteiger partial charge in [-0.05, 0) is 25.0 Å². The summed E-state index contributed by atoms with van der Waals surface area (Å²) >= 11 is 0. The minimum Gasteiger partial charge on any atom is -0.377 e. The fourth-order valence-corrected chi connectivity index (χ4v) is 3.14. The molecule has 108 valence electrons. The van der Waals surface area contributed by atoms with Gasteiger partial charge in [-0.3, -0.25) is 4.79 Å². The molecular weight excluding hydrogens is 261 g/mol. The molecule has 2 heterocycles. The number of carbonyl (C=O) groups excluding carboxylic acids is 1. The van der Waals surface area contributed by atoms with Crippen LogP contribution in [0.5, 0.6) is 0 Å². The van der Waals surface area contributed by atoms with Gasteiger partial charge in [-0.25, -0.2) is 4.39 Å². The molecule has 0 aliphatic carbocycles. The van der Waals surface area contributed by atoms with Gasteiger partial charge in [0.1, 0.15) is 18.0 Å². The van der Waals surface area contributed by atoms with E-state index in [-0.39, 0.29) is 29.7 Å². The van der Waals surface area contributed by atoms with Crippen molar-refractivity contribution >= 4 is 5.91 Å². The SMILES string of the molecule is CO[C@@H]1CN(C(=O)c2ccccc2F)[C@H]2CCCO[C@@H]12. The number of rotatable bonds is 2. The van der Waals surface area contributed by atoms with Crippen molar-refractivity contribution < 1.29 is 18.7 Å². The van der Waals surface area contributed by atoms with Crippen LogP contribution >= 0.6 is 0 Å². The standard InChI is InChI=1S/C15H18FNO3/c1-19-13-9-17(12-7-4-8-20-14(12)13)15(18)10-5-2-3-6-11(10)16/h2-3,5-6,12-14H,4,7-9H2,1H3/t12-,13+,14+/m0/s1. The van der Waals surface area contributed by atoms with Crippen LogP contribution in [-0.4, -0.2) is 49.3 Å². The first-order valence-electron chi connectivity index (χ1n) is 6.92. The Morgan fingerprint density at radius 3 is 3.00 bits per heavy atom. The lowest BCUT2D eigenvalue weighted by molar-refractivity contribution is -0.0639.